The van der Waals surface area contributed by atoms with Crippen molar-refractivity contribution in [2.24, 2.45) is 0 Å². The van der Waals surface area contributed by atoms with Gasteiger partial charge in [-0.25, -0.2) is 9.97 Å². The third-order valence-electron chi connectivity index (χ3n) is 3.74. The van der Waals surface area contributed by atoms with Gasteiger partial charge in [-0.15, -0.1) is 0 Å². The Morgan fingerprint density at radius 2 is 1.76 bits per heavy atom. The van der Waals surface area contributed by atoms with Crippen LogP contribution in [-0.4, -0.2) is 15.0 Å². The first kappa shape index (κ1) is 16.0. The van der Waals surface area contributed by atoms with Crippen LogP contribution in [-0.2, 0) is 0 Å². The smallest absolute Gasteiger partial charge is 0.224 e. The zero-order valence-electron chi connectivity index (χ0n) is 12.9. The third-order valence-corrected chi connectivity index (χ3v) is 4.50. The number of hydrogen-bond donors (Lipinski definition) is 1. The minimum absolute atomic E-state index is 0.195. The maximum Gasteiger partial charge on any atom is 0.224 e. The normalized spacial score (nSPS) is 10.8. The number of aromatic nitrogens is 3. The van der Waals surface area contributed by atoms with E-state index in [1.807, 2.05) is 42.5 Å². The van der Waals surface area contributed by atoms with E-state index in [-0.39, 0.29) is 5.28 Å². The number of halogens is 2. The van der Waals surface area contributed by atoms with Crippen molar-refractivity contribution in [3.8, 4) is 11.3 Å². The second kappa shape index (κ2) is 6.78. The Balaban J connectivity index is 1.68. The number of nitrogens with zero attached hydrogens (tertiary/aromatic N) is 3. The van der Waals surface area contributed by atoms with Gasteiger partial charge in [0.15, 0.2) is 0 Å². The Labute approximate surface area is 158 Å². The molecule has 0 unspecified atom stereocenters. The molecule has 122 valence electrons. The average Bonchev–Trinajstić information content (AvgIpc) is 2.65. The SMILES string of the molecule is Clc1ncc(Br)c(Nc2ccc3nc(-c4ccccc4)ccc3c2)n1. The predicted octanol–water partition coefficient (Wildman–Crippen LogP) is 5.85. The molecular weight excluding hydrogens is 400 g/mol. The summed E-state index contributed by atoms with van der Waals surface area (Å²) in [5, 5.41) is 4.48. The first-order chi connectivity index (χ1) is 12.2. The molecule has 0 fully saturated rings. The number of hydrogen-bond acceptors (Lipinski definition) is 4. The van der Waals surface area contributed by atoms with Gasteiger partial charge in [0.2, 0.25) is 5.28 Å². The highest BCUT2D eigenvalue weighted by Gasteiger charge is 2.06. The first-order valence-corrected chi connectivity index (χ1v) is 8.77. The fraction of sp³-hybridized carbons (Fsp3) is 0. The summed E-state index contributed by atoms with van der Waals surface area (Å²) in [5.41, 5.74) is 3.90. The van der Waals surface area contributed by atoms with Crippen LogP contribution in [0.15, 0.2) is 71.3 Å². The molecule has 4 aromatic rings. The highest BCUT2D eigenvalue weighted by atomic mass is 79.9. The summed E-state index contributed by atoms with van der Waals surface area (Å²) >= 11 is 9.28. The molecule has 1 N–H and O–H groups in total. The Hall–Kier alpha value is -2.50. The van der Waals surface area contributed by atoms with Crippen LogP contribution >= 0.6 is 27.5 Å². The molecule has 2 aromatic heterocycles. The molecule has 0 saturated heterocycles. The Morgan fingerprint density at radius 1 is 0.920 bits per heavy atom. The number of benzene rings is 2. The van der Waals surface area contributed by atoms with E-state index < -0.39 is 0 Å². The van der Waals surface area contributed by atoms with Crippen LogP contribution in [0.5, 0.6) is 0 Å². The minimum Gasteiger partial charge on any atom is -0.339 e. The number of anilines is 2. The lowest BCUT2D eigenvalue weighted by Gasteiger charge is -2.09. The fourth-order valence-electron chi connectivity index (χ4n) is 2.54. The molecule has 6 heteroatoms. The number of rotatable bonds is 3. The lowest BCUT2D eigenvalue weighted by molar-refractivity contribution is 1.15. The van der Waals surface area contributed by atoms with Gasteiger partial charge in [-0.1, -0.05) is 36.4 Å². The van der Waals surface area contributed by atoms with Crippen molar-refractivity contribution in [1.29, 1.82) is 0 Å². The van der Waals surface area contributed by atoms with Gasteiger partial charge in [0.1, 0.15) is 5.82 Å². The molecule has 25 heavy (non-hydrogen) atoms. The third kappa shape index (κ3) is 3.48. The summed E-state index contributed by atoms with van der Waals surface area (Å²) in [4.78, 5) is 12.9. The fourth-order valence-corrected chi connectivity index (χ4v) is 2.97. The summed E-state index contributed by atoms with van der Waals surface area (Å²) in [5.74, 6) is 0.619. The van der Waals surface area contributed by atoms with Crippen LogP contribution in [0.4, 0.5) is 11.5 Å². The molecule has 2 aromatic carbocycles. The van der Waals surface area contributed by atoms with E-state index in [9.17, 15) is 0 Å². The molecule has 2 heterocycles. The molecule has 4 nitrogen and oxygen atoms in total. The molecule has 0 atom stereocenters. The van der Waals surface area contributed by atoms with Gasteiger partial charge < -0.3 is 5.32 Å². The van der Waals surface area contributed by atoms with Gasteiger partial charge in [-0.3, -0.25) is 0 Å². The van der Waals surface area contributed by atoms with Crippen molar-refractivity contribution in [2.45, 2.75) is 0 Å². The zero-order valence-corrected chi connectivity index (χ0v) is 15.3. The standard InChI is InChI=1S/C19H12BrClN4/c20-15-11-22-19(21)25-18(15)23-14-7-9-17-13(10-14)6-8-16(24-17)12-4-2-1-3-5-12/h1-11H,(H,22,23,25). The molecule has 0 saturated carbocycles. The summed E-state index contributed by atoms with van der Waals surface area (Å²) in [6.07, 6.45) is 1.62. The number of nitrogens with one attached hydrogen (secondary N) is 1. The van der Waals surface area contributed by atoms with Gasteiger partial charge in [0.05, 0.1) is 15.7 Å². The molecule has 0 aliphatic rings. The maximum absolute atomic E-state index is 5.86. The van der Waals surface area contributed by atoms with Crippen LogP contribution in [0.1, 0.15) is 0 Å². The highest BCUT2D eigenvalue weighted by molar-refractivity contribution is 9.10. The van der Waals surface area contributed by atoms with Gasteiger partial charge in [0, 0.05) is 22.8 Å². The van der Waals surface area contributed by atoms with Crippen molar-refractivity contribution in [2.75, 3.05) is 5.32 Å². The summed E-state index contributed by atoms with van der Waals surface area (Å²) in [6.45, 7) is 0. The van der Waals surface area contributed by atoms with Gasteiger partial charge in [0.25, 0.3) is 0 Å². The maximum atomic E-state index is 5.86. The lowest BCUT2D eigenvalue weighted by atomic mass is 10.1. The minimum atomic E-state index is 0.195. The van der Waals surface area contributed by atoms with E-state index in [2.05, 4.69) is 49.4 Å². The molecular formula is C19H12BrClN4. The first-order valence-electron chi connectivity index (χ1n) is 7.60. The molecule has 4 rings (SSSR count). The van der Waals surface area contributed by atoms with E-state index in [0.29, 0.717) is 5.82 Å². The number of fused-ring (bicyclic) bond motifs is 1. The molecule has 0 radical (unpaired) electrons. The van der Waals surface area contributed by atoms with E-state index in [4.69, 9.17) is 16.6 Å². The van der Waals surface area contributed by atoms with E-state index in [1.54, 1.807) is 6.20 Å². The summed E-state index contributed by atoms with van der Waals surface area (Å²) in [6, 6.07) is 20.2. The molecule has 0 aliphatic carbocycles. The molecule has 0 aliphatic heterocycles. The monoisotopic (exact) mass is 410 g/mol. The van der Waals surface area contributed by atoms with E-state index in [1.165, 1.54) is 0 Å². The summed E-state index contributed by atoms with van der Waals surface area (Å²) < 4.78 is 0.745. The van der Waals surface area contributed by atoms with Gasteiger partial charge in [-0.2, -0.15) is 4.98 Å². The highest BCUT2D eigenvalue weighted by Crippen LogP contribution is 2.27. The predicted molar refractivity (Wildman–Crippen MR) is 105 cm³/mol. The van der Waals surface area contributed by atoms with Crippen molar-refractivity contribution in [3.63, 3.8) is 0 Å². The molecule has 0 amide bonds. The zero-order chi connectivity index (χ0) is 17.2. The van der Waals surface area contributed by atoms with Gasteiger partial charge in [-0.05, 0) is 51.8 Å². The quantitative estimate of drug-likeness (QED) is 0.430. The van der Waals surface area contributed by atoms with Crippen LogP contribution in [0, 0.1) is 0 Å². The van der Waals surface area contributed by atoms with Gasteiger partial charge >= 0.3 is 0 Å². The Morgan fingerprint density at radius 3 is 2.60 bits per heavy atom. The molecule has 0 spiro atoms. The largest absolute Gasteiger partial charge is 0.339 e. The summed E-state index contributed by atoms with van der Waals surface area (Å²) in [7, 11) is 0. The van der Waals surface area contributed by atoms with Crippen molar-refractivity contribution >= 4 is 49.9 Å². The van der Waals surface area contributed by atoms with Crippen LogP contribution in [0.3, 0.4) is 0 Å². The number of pyridine rings is 1. The molecule has 0 bridgehead atoms. The average molecular weight is 412 g/mol. The van der Waals surface area contributed by atoms with Crippen LogP contribution < -0.4 is 5.32 Å². The van der Waals surface area contributed by atoms with Crippen LogP contribution in [0.25, 0.3) is 22.2 Å². The lowest BCUT2D eigenvalue weighted by Crippen LogP contribution is -1.96. The Bertz CT molecular complexity index is 1050. The topological polar surface area (TPSA) is 50.7 Å². The van der Waals surface area contributed by atoms with Crippen molar-refractivity contribution < 1.29 is 0 Å². The van der Waals surface area contributed by atoms with Crippen molar-refractivity contribution in [1.82, 2.24) is 15.0 Å². The Kier molecular flexibility index (Phi) is 4.34. The van der Waals surface area contributed by atoms with Crippen molar-refractivity contribution in [3.05, 3.63) is 76.6 Å². The second-order valence-electron chi connectivity index (χ2n) is 5.43. The van der Waals surface area contributed by atoms with Crippen LogP contribution in [0.2, 0.25) is 5.28 Å². The van der Waals surface area contributed by atoms with E-state index >= 15 is 0 Å². The second-order valence-corrected chi connectivity index (χ2v) is 6.62. The van der Waals surface area contributed by atoms with E-state index in [0.717, 1.165) is 32.3 Å².